The smallest absolute Gasteiger partial charge is 0.272 e. The number of H-pyrrole nitrogens is 2. The van der Waals surface area contributed by atoms with Gasteiger partial charge >= 0.3 is 0 Å². The number of hydrogen-bond acceptors (Lipinski definition) is 5. The molecule has 0 saturated heterocycles. The summed E-state index contributed by atoms with van der Waals surface area (Å²) < 4.78 is 27.6. The fourth-order valence-corrected chi connectivity index (χ4v) is 4.10. The number of carbonyl (C=O) groups is 1. The minimum Gasteiger partial charge on any atom is -0.550 e. The van der Waals surface area contributed by atoms with Crippen molar-refractivity contribution in [3.05, 3.63) is 70.1 Å². The van der Waals surface area contributed by atoms with Crippen molar-refractivity contribution in [3.63, 3.8) is 0 Å². The van der Waals surface area contributed by atoms with Crippen LogP contribution in [0.1, 0.15) is 13.3 Å². The molecule has 0 bridgehead atoms. The summed E-state index contributed by atoms with van der Waals surface area (Å²) >= 11 is 5.87. The van der Waals surface area contributed by atoms with Crippen LogP contribution < -0.4 is 15.4 Å². The van der Waals surface area contributed by atoms with Gasteiger partial charge in [-0.2, -0.15) is 0 Å². The van der Waals surface area contributed by atoms with E-state index in [0.29, 0.717) is 21.7 Å². The van der Waals surface area contributed by atoms with E-state index in [9.17, 15) is 23.1 Å². The summed E-state index contributed by atoms with van der Waals surface area (Å²) in [6, 6.07) is 12.8. The maximum atomic E-state index is 12.5. The van der Waals surface area contributed by atoms with Gasteiger partial charge in [0.2, 0.25) is 0 Å². The van der Waals surface area contributed by atoms with Crippen molar-refractivity contribution >= 4 is 55.1 Å². The number of carbonyl (C=O) groups excluding carboxylic acids is 1. The van der Waals surface area contributed by atoms with E-state index in [2.05, 4.69) is 14.7 Å². The standard InChI is InChI=1S/C17H12ClN3O3S.C3H6O2/c18-10-2-1-3-12(8-10)25(23,24)21-11-4-5-15-14(9-11)13-6-7-19-16(13)17(22)20-15;1-2-3(4)5/h1-9,19,21H,(H,20,22);2H2,1H3,(H,4,5)/p-1. The summed E-state index contributed by atoms with van der Waals surface area (Å²) in [5.41, 5.74) is 1.24. The third kappa shape index (κ3) is 4.64. The minimum atomic E-state index is -3.77. The second-order valence-corrected chi connectivity index (χ2v) is 8.39. The molecule has 0 aliphatic carbocycles. The Balaban J connectivity index is 0.000000461. The van der Waals surface area contributed by atoms with Gasteiger partial charge in [-0.05, 0) is 48.9 Å². The third-order valence-electron chi connectivity index (χ3n) is 4.18. The van der Waals surface area contributed by atoms with Crippen LogP contribution in [0.5, 0.6) is 0 Å². The highest BCUT2D eigenvalue weighted by Crippen LogP contribution is 2.25. The van der Waals surface area contributed by atoms with Gasteiger partial charge in [-0.15, -0.1) is 0 Å². The zero-order valence-corrected chi connectivity index (χ0v) is 17.3. The molecule has 2 heterocycles. The van der Waals surface area contributed by atoms with Gasteiger partial charge in [0.15, 0.2) is 0 Å². The van der Waals surface area contributed by atoms with Gasteiger partial charge in [0.25, 0.3) is 15.6 Å². The molecule has 0 fully saturated rings. The highest BCUT2D eigenvalue weighted by atomic mass is 35.5. The molecule has 0 spiro atoms. The Bertz CT molecular complexity index is 1390. The zero-order chi connectivity index (χ0) is 21.9. The number of nitrogens with one attached hydrogen (secondary N) is 3. The van der Waals surface area contributed by atoms with Crippen molar-refractivity contribution in [2.75, 3.05) is 4.72 Å². The Labute approximate surface area is 176 Å². The molecule has 2 aromatic heterocycles. The summed E-state index contributed by atoms with van der Waals surface area (Å²) in [5, 5.41) is 11.1. The number of hydrogen-bond donors (Lipinski definition) is 3. The molecule has 0 aliphatic heterocycles. The molecule has 0 atom stereocenters. The van der Waals surface area contributed by atoms with E-state index in [1.54, 1.807) is 42.6 Å². The molecular formula is C20H17ClN3O5S-. The number of rotatable bonds is 4. The van der Waals surface area contributed by atoms with Crippen molar-refractivity contribution in [1.82, 2.24) is 9.97 Å². The molecule has 4 aromatic rings. The minimum absolute atomic E-state index is 0.0772. The summed E-state index contributed by atoms with van der Waals surface area (Å²) in [4.78, 5) is 27.0. The SMILES string of the molecule is CCC(=O)[O-].O=c1[nH]c2ccc(NS(=O)(=O)c3cccc(Cl)c3)cc2c2cc[nH]c12. The van der Waals surface area contributed by atoms with Crippen LogP contribution in [0.3, 0.4) is 0 Å². The molecule has 0 saturated carbocycles. The molecular weight excluding hydrogens is 430 g/mol. The molecule has 156 valence electrons. The first kappa shape index (κ1) is 21.4. The van der Waals surface area contributed by atoms with Gasteiger partial charge in [0.05, 0.1) is 4.90 Å². The van der Waals surface area contributed by atoms with Crippen LogP contribution in [0, 0.1) is 0 Å². The summed E-state index contributed by atoms with van der Waals surface area (Å²) in [6.45, 7) is 1.54. The lowest BCUT2D eigenvalue weighted by molar-refractivity contribution is -0.305. The van der Waals surface area contributed by atoms with Crippen molar-refractivity contribution in [2.45, 2.75) is 18.2 Å². The van der Waals surface area contributed by atoms with Crippen molar-refractivity contribution in [3.8, 4) is 0 Å². The largest absolute Gasteiger partial charge is 0.550 e. The molecule has 4 rings (SSSR count). The number of aromatic nitrogens is 2. The van der Waals surface area contributed by atoms with Gasteiger partial charge in [0.1, 0.15) is 5.52 Å². The quantitative estimate of drug-likeness (QED) is 0.442. The lowest BCUT2D eigenvalue weighted by atomic mass is 10.1. The second kappa shape index (κ2) is 8.60. The Kier molecular flexibility index (Phi) is 6.14. The van der Waals surface area contributed by atoms with E-state index in [-0.39, 0.29) is 16.9 Å². The van der Waals surface area contributed by atoms with E-state index in [4.69, 9.17) is 11.6 Å². The number of pyridine rings is 1. The van der Waals surface area contributed by atoms with Crippen LogP contribution in [-0.4, -0.2) is 24.4 Å². The first-order chi connectivity index (χ1) is 14.2. The molecule has 30 heavy (non-hydrogen) atoms. The number of benzene rings is 2. The lowest BCUT2D eigenvalue weighted by Crippen LogP contribution is -2.19. The molecule has 2 aromatic carbocycles. The lowest BCUT2D eigenvalue weighted by Gasteiger charge is -2.09. The summed E-state index contributed by atoms with van der Waals surface area (Å²) in [5.74, 6) is -0.995. The fraction of sp³-hybridized carbons (Fsp3) is 0.100. The summed E-state index contributed by atoms with van der Waals surface area (Å²) in [6.07, 6.45) is 1.78. The predicted octanol–water partition coefficient (Wildman–Crippen LogP) is 2.61. The van der Waals surface area contributed by atoms with Gasteiger partial charge in [-0.1, -0.05) is 24.6 Å². The predicted molar refractivity (Wildman–Crippen MR) is 114 cm³/mol. The van der Waals surface area contributed by atoms with E-state index in [1.807, 2.05) is 0 Å². The van der Waals surface area contributed by atoms with Gasteiger partial charge < -0.3 is 19.9 Å². The Hall–Kier alpha value is -3.30. The van der Waals surface area contributed by atoms with Crippen LogP contribution in [0.4, 0.5) is 5.69 Å². The molecule has 0 unspecified atom stereocenters. The number of halogens is 1. The number of carboxylic acid groups (broad SMARTS) is 1. The monoisotopic (exact) mass is 446 g/mol. The number of anilines is 1. The molecule has 10 heteroatoms. The number of aliphatic carboxylic acids is 1. The maximum Gasteiger partial charge on any atom is 0.272 e. The van der Waals surface area contributed by atoms with Crippen molar-refractivity contribution < 1.29 is 18.3 Å². The highest BCUT2D eigenvalue weighted by Gasteiger charge is 2.15. The zero-order valence-electron chi connectivity index (χ0n) is 15.7. The van der Waals surface area contributed by atoms with Gasteiger partial charge in [0, 0.05) is 39.2 Å². The van der Waals surface area contributed by atoms with E-state index in [0.717, 1.165) is 10.8 Å². The molecule has 8 nitrogen and oxygen atoms in total. The van der Waals surface area contributed by atoms with Crippen molar-refractivity contribution in [1.29, 1.82) is 0 Å². The number of aromatic amines is 2. The molecule has 3 N–H and O–H groups in total. The van der Waals surface area contributed by atoms with Gasteiger partial charge in [-0.3, -0.25) is 9.52 Å². The maximum absolute atomic E-state index is 12.5. The Morgan fingerprint density at radius 1 is 1.13 bits per heavy atom. The average molecular weight is 447 g/mol. The van der Waals surface area contributed by atoms with E-state index in [1.165, 1.54) is 19.1 Å². The van der Waals surface area contributed by atoms with Crippen LogP contribution >= 0.6 is 11.6 Å². The van der Waals surface area contributed by atoms with E-state index >= 15 is 0 Å². The Morgan fingerprint density at radius 2 is 1.87 bits per heavy atom. The van der Waals surface area contributed by atoms with Crippen LogP contribution in [0.2, 0.25) is 5.02 Å². The second-order valence-electron chi connectivity index (χ2n) is 6.27. The van der Waals surface area contributed by atoms with E-state index < -0.39 is 16.0 Å². The van der Waals surface area contributed by atoms with Crippen LogP contribution in [0.25, 0.3) is 21.8 Å². The molecule has 0 aliphatic rings. The average Bonchev–Trinajstić information content (AvgIpc) is 3.20. The fourth-order valence-electron chi connectivity index (χ4n) is 2.75. The first-order valence-electron chi connectivity index (χ1n) is 8.82. The number of sulfonamides is 1. The normalized spacial score (nSPS) is 11.1. The molecule has 0 amide bonds. The van der Waals surface area contributed by atoms with Crippen LogP contribution in [0.15, 0.2) is 64.4 Å². The number of fused-ring (bicyclic) bond motifs is 3. The Morgan fingerprint density at radius 3 is 2.53 bits per heavy atom. The molecule has 0 radical (unpaired) electrons. The topological polar surface area (TPSA) is 135 Å². The third-order valence-corrected chi connectivity index (χ3v) is 5.79. The van der Waals surface area contributed by atoms with Crippen molar-refractivity contribution in [2.24, 2.45) is 0 Å². The first-order valence-corrected chi connectivity index (χ1v) is 10.7. The van der Waals surface area contributed by atoms with Crippen LogP contribution in [-0.2, 0) is 14.8 Å². The number of carboxylic acids is 1. The van der Waals surface area contributed by atoms with Gasteiger partial charge in [-0.25, -0.2) is 8.42 Å². The summed E-state index contributed by atoms with van der Waals surface area (Å²) in [7, 11) is -3.77. The highest BCUT2D eigenvalue weighted by molar-refractivity contribution is 7.92.